The number of aliphatic hydroxyl groups excluding tert-OH is 1. The Hall–Kier alpha value is -0.870. The lowest BCUT2D eigenvalue weighted by molar-refractivity contribution is -0.154. The second kappa shape index (κ2) is 22.4. The number of aliphatic hydroxyl groups is 1. The normalized spacial score (nSPS) is 12.5. The summed E-state index contributed by atoms with van der Waals surface area (Å²) in [7, 11) is 0. The van der Waals surface area contributed by atoms with Crippen LogP contribution in [-0.4, -0.2) is 37.0 Å². The van der Waals surface area contributed by atoms with Crippen LogP contribution in [0.5, 0.6) is 0 Å². The molecule has 0 saturated carbocycles. The summed E-state index contributed by atoms with van der Waals surface area (Å²) in [4.78, 5) is 11.4. The molecule has 0 radical (unpaired) electrons. The van der Waals surface area contributed by atoms with Crippen molar-refractivity contribution in [2.45, 2.75) is 116 Å². The third kappa shape index (κ3) is 19.9. The molecule has 0 aliphatic carbocycles. The Labute approximate surface area is 174 Å². The highest BCUT2D eigenvalue weighted by molar-refractivity contribution is 5.69. The van der Waals surface area contributed by atoms with E-state index in [1.165, 1.54) is 77.0 Å². The first-order valence-electron chi connectivity index (χ1n) is 11.8. The predicted octanol–water partition coefficient (Wildman–Crippen LogP) is 6.35. The zero-order chi connectivity index (χ0) is 20.7. The fourth-order valence-electron chi connectivity index (χ4n) is 3.06. The molecule has 28 heavy (non-hydrogen) atoms. The van der Waals surface area contributed by atoms with E-state index in [0.29, 0.717) is 13.0 Å². The van der Waals surface area contributed by atoms with Gasteiger partial charge in [0.05, 0.1) is 13.2 Å². The largest absolute Gasteiger partial charge is 0.457 e. The van der Waals surface area contributed by atoms with Crippen LogP contribution in [0.4, 0.5) is 0 Å². The van der Waals surface area contributed by atoms with Crippen molar-refractivity contribution in [2.75, 3.05) is 19.8 Å². The first-order chi connectivity index (χ1) is 13.7. The first-order valence-corrected chi connectivity index (χ1v) is 11.8. The van der Waals surface area contributed by atoms with Crippen molar-refractivity contribution in [3.8, 4) is 0 Å². The number of carbonyl (C=O) groups excluding carboxylic acids is 1. The maximum atomic E-state index is 11.4. The highest BCUT2D eigenvalue weighted by Gasteiger charge is 2.12. The Balaban J connectivity index is 3.31. The number of rotatable bonds is 21. The number of hydrogen-bond donors (Lipinski definition) is 1. The number of esters is 1. The summed E-state index contributed by atoms with van der Waals surface area (Å²) in [5, 5.41) is 9.22. The fraction of sp³-hybridized carbons (Fsp3) is 0.875. The van der Waals surface area contributed by atoms with Crippen molar-refractivity contribution in [3.63, 3.8) is 0 Å². The summed E-state index contributed by atoms with van der Waals surface area (Å²) < 4.78 is 10.7. The van der Waals surface area contributed by atoms with Crippen LogP contribution >= 0.6 is 0 Å². The van der Waals surface area contributed by atoms with Crippen LogP contribution in [0.3, 0.4) is 0 Å². The minimum absolute atomic E-state index is 0.178. The summed E-state index contributed by atoms with van der Waals surface area (Å²) in [5.74, 6) is -0.257. The molecule has 0 aliphatic heterocycles. The molecule has 0 bridgehead atoms. The lowest BCUT2D eigenvalue weighted by Gasteiger charge is -2.15. The van der Waals surface area contributed by atoms with E-state index in [4.69, 9.17) is 9.47 Å². The van der Waals surface area contributed by atoms with Gasteiger partial charge in [-0.2, -0.15) is 0 Å². The smallest absolute Gasteiger partial charge is 0.306 e. The highest BCUT2D eigenvalue weighted by atomic mass is 16.6. The Morgan fingerprint density at radius 1 is 0.821 bits per heavy atom. The van der Waals surface area contributed by atoms with Crippen LogP contribution < -0.4 is 0 Å². The third-order valence-electron chi connectivity index (χ3n) is 4.81. The minimum Gasteiger partial charge on any atom is -0.457 e. The third-order valence-corrected chi connectivity index (χ3v) is 4.81. The molecular weight excluding hydrogens is 352 g/mol. The Morgan fingerprint density at radius 2 is 1.39 bits per heavy atom. The van der Waals surface area contributed by atoms with E-state index < -0.39 is 6.10 Å². The monoisotopic (exact) mass is 398 g/mol. The van der Waals surface area contributed by atoms with E-state index in [1.54, 1.807) is 0 Å². The van der Waals surface area contributed by atoms with Gasteiger partial charge in [-0.25, -0.2) is 0 Å². The molecule has 0 rings (SSSR count). The molecule has 1 N–H and O–H groups in total. The molecule has 0 heterocycles. The minimum atomic E-state index is -0.525. The van der Waals surface area contributed by atoms with Crippen molar-refractivity contribution in [2.24, 2.45) is 0 Å². The molecule has 4 heteroatoms. The number of allylic oxidation sites excluding steroid dienone is 2. The molecule has 1 unspecified atom stereocenters. The van der Waals surface area contributed by atoms with Gasteiger partial charge in [0.2, 0.25) is 0 Å². The van der Waals surface area contributed by atoms with Crippen LogP contribution in [-0.2, 0) is 14.3 Å². The molecule has 0 aromatic carbocycles. The SMILES string of the molecule is CCCCCCC/C=C\CCCCCCCCOCC(CO)OC(=O)CCC. The lowest BCUT2D eigenvalue weighted by Crippen LogP contribution is -2.27. The van der Waals surface area contributed by atoms with Crippen molar-refractivity contribution in [1.82, 2.24) is 0 Å². The summed E-state index contributed by atoms with van der Waals surface area (Å²) in [5.41, 5.74) is 0. The maximum absolute atomic E-state index is 11.4. The maximum Gasteiger partial charge on any atom is 0.306 e. The highest BCUT2D eigenvalue weighted by Crippen LogP contribution is 2.09. The van der Waals surface area contributed by atoms with Gasteiger partial charge in [-0.05, 0) is 38.5 Å². The first kappa shape index (κ1) is 27.1. The van der Waals surface area contributed by atoms with Gasteiger partial charge in [0.1, 0.15) is 6.10 Å². The van der Waals surface area contributed by atoms with Crippen LogP contribution in [0.15, 0.2) is 12.2 Å². The van der Waals surface area contributed by atoms with Crippen molar-refractivity contribution >= 4 is 5.97 Å². The van der Waals surface area contributed by atoms with E-state index >= 15 is 0 Å². The molecule has 166 valence electrons. The Morgan fingerprint density at radius 3 is 1.96 bits per heavy atom. The quantitative estimate of drug-likeness (QED) is 0.139. The van der Waals surface area contributed by atoms with E-state index in [1.807, 2.05) is 6.92 Å². The summed E-state index contributed by atoms with van der Waals surface area (Å²) in [6, 6.07) is 0. The van der Waals surface area contributed by atoms with Gasteiger partial charge in [-0.1, -0.05) is 77.4 Å². The molecular formula is C24H46O4. The molecule has 0 amide bonds. The van der Waals surface area contributed by atoms with E-state index in [-0.39, 0.29) is 19.2 Å². The molecule has 0 aromatic heterocycles. The summed E-state index contributed by atoms with van der Waals surface area (Å²) in [6.07, 6.45) is 22.0. The molecule has 0 aliphatic rings. The van der Waals surface area contributed by atoms with Crippen LogP contribution in [0.2, 0.25) is 0 Å². The number of hydrogen-bond acceptors (Lipinski definition) is 4. The zero-order valence-corrected chi connectivity index (χ0v) is 18.6. The van der Waals surface area contributed by atoms with E-state index in [9.17, 15) is 9.90 Å². The van der Waals surface area contributed by atoms with Crippen LogP contribution in [0.25, 0.3) is 0 Å². The molecule has 0 saturated heterocycles. The van der Waals surface area contributed by atoms with Gasteiger partial charge in [0.15, 0.2) is 0 Å². The van der Waals surface area contributed by atoms with Gasteiger partial charge in [-0.15, -0.1) is 0 Å². The number of ether oxygens (including phenoxy) is 2. The van der Waals surface area contributed by atoms with Crippen molar-refractivity contribution in [3.05, 3.63) is 12.2 Å². The average molecular weight is 399 g/mol. The molecule has 4 nitrogen and oxygen atoms in total. The molecule has 0 fully saturated rings. The number of carbonyl (C=O) groups is 1. The molecule has 0 aromatic rings. The molecule has 1 atom stereocenters. The number of unbranched alkanes of at least 4 members (excludes halogenated alkanes) is 11. The predicted molar refractivity (Wildman–Crippen MR) is 118 cm³/mol. The average Bonchev–Trinajstić information content (AvgIpc) is 2.69. The Kier molecular flexibility index (Phi) is 21.7. The summed E-state index contributed by atoms with van der Waals surface area (Å²) >= 11 is 0. The van der Waals surface area contributed by atoms with Crippen LogP contribution in [0, 0.1) is 0 Å². The van der Waals surface area contributed by atoms with Gasteiger partial charge in [-0.3, -0.25) is 4.79 Å². The van der Waals surface area contributed by atoms with Gasteiger partial charge in [0.25, 0.3) is 0 Å². The second-order valence-electron chi connectivity index (χ2n) is 7.70. The van der Waals surface area contributed by atoms with Crippen molar-refractivity contribution in [1.29, 1.82) is 0 Å². The van der Waals surface area contributed by atoms with E-state index in [0.717, 1.165) is 12.8 Å². The van der Waals surface area contributed by atoms with Gasteiger partial charge in [0, 0.05) is 13.0 Å². The van der Waals surface area contributed by atoms with Gasteiger partial charge >= 0.3 is 5.97 Å². The van der Waals surface area contributed by atoms with E-state index in [2.05, 4.69) is 19.1 Å². The standard InChI is InChI=1S/C24H46O4/c1-3-5-6-7-8-9-10-11-12-13-14-15-16-17-18-20-27-22-23(21-25)28-24(26)19-4-2/h10-11,23,25H,3-9,12-22H2,1-2H3/b11-10-. The Bertz CT molecular complexity index is 355. The fourth-order valence-corrected chi connectivity index (χ4v) is 3.06. The topological polar surface area (TPSA) is 55.8 Å². The lowest BCUT2D eigenvalue weighted by atomic mass is 10.1. The van der Waals surface area contributed by atoms with Crippen molar-refractivity contribution < 1.29 is 19.4 Å². The second-order valence-corrected chi connectivity index (χ2v) is 7.70. The van der Waals surface area contributed by atoms with Crippen LogP contribution in [0.1, 0.15) is 110 Å². The zero-order valence-electron chi connectivity index (χ0n) is 18.6. The summed E-state index contributed by atoms with van der Waals surface area (Å²) in [6.45, 7) is 4.97. The molecule has 0 spiro atoms. The van der Waals surface area contributed by atoms with Gasteiger partial charge < -0.3 is 14.6 Å².